The van der Waals surface area contributed by atoms with Crippen molar-refractivity contribution < 1.29 is 27.8 Å². The molecule has 3 aromatic carbocycles. The van der Waals surface area contributed by atoms with Crippen molar-refractivity contribution in [2.45, 2.75) is 47.7 Å². The van der Waals surface area contributed by atoms with Gasteiger partial charge in [-0.25, -0.2) is 4.79 Å². The van der Waals surface area contributed by atoms with Crippen LogP contribution < -0.4 is 4.74 Å². The maximum absolute atomic E-state index is 12.6. The number of carboxylic acid groups (broad SMARTS) is 1. The quantitative estimate of drug-likeness (QED) is 0.461. The fraction of sp³-hybridized carbons (Fsp3) is 0.292. The van der Waals surface area contributed by atoms with Gasteiger partial charge in [0, 0.05) is 5.39 Å². The minimum Gasteiger partial charge on any atom is -0.478 e. The third kappa shape index (κ3) is 7.43. The maximum Gasteiger partial charge on any atom is 0.416 e. The summed E-state index contributed by atoms with van der Waals surface area (Å²) in [6, 6.07) is 14.0. The van der Waals surface area contributed by atoms with Gasteiger partial charge in [0.25, 0.3) is 0 Å². The molecule has 1 N–H and O–H groups in total. The normalized spacial score (nSPS) is 9.77. The van der Waals surface area contributed by atoms with Crippen LogP contribution in [0.3, 0.4) is 0 Å². The number of hydrogen-bond donors (Lipinski definition) is 1. The first-order valence-electron chi connectivity index (χ1n) is 9.96. The zero-order chi connectivity index (χ0) is 23.3. The third-order valence-corrected chi connectivity index (χ3v) is 3.50. The van der Waals surface area contributed by atoms with Gasteiger partial charge in [0.2, 0.25) is 0 Å². The minimum atomic E-state index is -4.40. The Morgan fingerprint density at radius 1 is 0.833 bits per heavy atom. The van der Waals surface area contributed by atoms with Crippen molar-refractivity contribution in [3.8, 4) is 11.5 Å². The number of halogens is 3. The van der Waals surface area contributed by atoms with Gasteiger partial charge in [-0.05, 0) is 53.9 Å². The molecule has 6 heteroatoms. The molecule has 0 aromatic heterocycles. The summed E-state index contributed by atoms with van der Waals surface area (Å²) >= 11 is 0. The van der Waals surface area contributed by atoms with E-state index in [1.165, 1.54) is 24.3 Å². The van der Waals surface area contributed by atoms with Crippen LogP contribution in [0.25, 0.3) is 10.8 Å². The second-order valence-electron chi connectivity index (χ2n) is 5.12. The second-order valence-corrected chi connectivity index (χ2v) is 5.12. The SMILES string of the molecule is CC.CC.CC.O=C(O)c1ccc2c(Oc3ccc(C(F)(F)F)cc3)cccc2c1. The van der Waals surface area contributed by atoms with Crippen LogP contribution in [0.2, 0.25) is 0 Å². The van der Waals surface area contributed by atoms with Gasteiger partial charge in [-0.15, -0.1) is 0 Å². The summed E-state index contributed by atoms with van der Waals surface area (Å²) in [6.45, 7) is 12.0. The third-order valence-electron chi connectivity index (χ3n) is 3.50. The van der Waals surface area contributed by atoms with E-state index in [0.717, 1.165) is 12.1 Å². The lowest BCUT2D eigenvalue weighted by Gasteiger charge is -2.11. The maximum atomic E-state index is 12.6. The van der Waals surface area contributed by atoms with Crippen molar-refractivity contribution in [1.82, 2.24) is 0 Å². The Morgan fingerprint density at radius 3 is 1.90 bits per heavy atom. The Morgan fingerprint density at radius 2 is 1.40 bits per heavy atom. The molecule has 30 heavy (non-hydrogen) atoms. The monoisotopic (exact) mass is 422 g/mol. The van der Waals surface area contributed by atoms with Gasteiger partial charge in [-0.3, -0.25) is 0 Å². The molecule has 0 heterocycles. The first-order chi connectivity index (χ1) is 14.3. The van der Waals surface area contributed by atoms with E-state index in [2.05, 4.69) is 0 Å². The van der Waals surface area contributed by atoms with Gasteiger partial charge >= 0.3 is 12.1 Å². The molecule has 0 bridgehead atoms. The predicted molar refractivity (Wildman–Crippen MR) is 116 cm³/mol. The number of rotatable bonds is 3. The summed E-state index contributed by atoms with van der Waals surface area (Å²) in [5, 5.41) is 10.4. The predicted octanol–water partition coefficient (Wildman–Crippen LogP) is 8.43. The van der Waals surface area contributed by atoms with E-state index in [1.807, 2.05) is 41.5 Å². The van der Waals surface area contributed by atoms with Gasteiger partial charge in [0.05, 0.1) is 11.1 Å². The average molecular weight is 422 g/mol. The lowest BCUT2D eigenvalue weighted by atomic mass is 10.1. The molecule has 0 saturated heterocycles. The van der Waals surface area contributed by atoms with Crippen LogP contribution in [0.1, 0.15) is 57.5 Å². The van der Waals surface area contributed by atoms with Crippen molar-refractivity contribution >= 4 is 16.7 Å². The fourth-order valence-electron chi connectivity index (χ4n) is 2.31. The summed E-state index contributed by atoms with van der Waals surface area (Å²) in [4.78, 5) is 11.0. The van der Waals surface area contributed by atoms with Gasteiger partial charge in [0.15, 0.2) is 0 Å². The molecule has 0 spiro atoms. The Balaban J connectivity index is 0.00000129. The highest BCUT2D eigenvalue weighted by atomic mass is 19.4. The first-order valence-corrected chi connectivity index (χ1v) is 9.96. The topological polar surface area (TPSA) is 46.5 Å². The number of carbonyl (C=O) groups is 1. The van der Waals surface area contributed by atoms with E-state index in [4.69, 9.17) is 9.84 Å². The molecular weight excluding hydrogens is 393 g/mol. The Bertz CT molecular complexity index is 902. The average Bonchev–Trinajstić information content (AvgIpc) is 2.77. The van der Waals surface area contributed by atoms with Gasteiger partial charge < -0.3 is 9.84 Å². The smallest absolute Gasteiger partial charge is 0.416 e. The highest BCUT2D eigenvalue weighted by molar-refractivity contribution is 5.96. The second kappa shape index (κ2) is 13.2. The number of benzene rings is 3. The summed E-state index contributed by atoms with van der Waals surface area (Å²) in [5.41, 5.74) is -0.604. The summed E-state index contributed by atoms with van der Waals surface area (Å²) in [5.74, 6) is -0.340. The van der Waals surface area contributed by atoms with E-state index >= 15 is 0 Å². The summed E-state index contributed by atoms with van der Waals surface area (Å²) in [7, 11) is 0. The lowest BCUT2D eigenvalue weighted by Crippen LogP contribution is -2.04. The molecular formula is C24H29F3O3. The van der Waals surface area contributed by atoms with E-state index in [0.29, 0.717) is 16.5 Å². The fourth-order valence-corrected chi connectivity index (χ4v) is 2.31. The molecule has 0 aliphatic heterocycles. The Kier molecular flexibility index (Phi) is 11.9. The highest BCUT2D eigenvalue weighted by Gasteiger charge is 2.30. The Hall–Kier alpha value is -3.02. The number of alkyl halides is 3. The number of ether oxygens (including phenoxy) is 1. The van der Waals surface area contributed by atoms with Crippen LogP contribution in [0.15, 0.2) is 60.7 Å². The number of aromatic carboxylic acids is 1. The van der Waals surface area contributed by atoms with Crippen molar-refractivity contribution in [2.24, 2.45) is 0 Å². The van der Waals surface area contributed by atoms with Crippen molar-refractivity contribution in [2.75, 3.05) is 0 Å². The molecule has 0 aliphatic rings. The minimum absolute atomic E-state index is 0.147. The Labute approximate surface area is 176 Å². The van der Waals surface area contributed by atoms with Gasteiger partial charge in [0.1, 0.15) is 11.5 Å². The molecule has 0 unspecified atom stereocenters. The molecule has 3 aromatic rings. The molecule has 0 aliphatic carbocycles. The molecule has 0 atom stereocenters. The highest BCUT2D eigenvalue weighted by Crippen LogP contribution is 2.33. The standard InChI is InChI=1S/C18H11F3O3.3C2H6/c19-18(20,21)13-5-7-14(8-6-13)24-16-3-1-2-11-10-12(17(22)23)4-9-15(11)16;3*1-2/h1-10H,(H,22,23);3*1-2H3. The molecule has 3 nitrogen and oxygen atoms in total. The molecule has 0 amide bonds. The van der Waals surface area contributed by atoms with E-state index in [1.54, 1.807) is 24.3 Å². The molecule has 0 radical (unpaired) electrons. The van der Waals surface area contributed by atoms with Crippen molar-refractivity contribution in [3.05, 3.63) is 71.8 Å². The molecule has 3 rings (SSSR count). The zero-order valence-electron chi connectivity index (χ0n) is 18.2. The first kappa shape index (κ1) is 27.0. The van der Waals surface area contributed by atoms with Crippen LogP contribution in [-0.2, 0) is 6.18 Å². The summed E-state index contributed by atoms with van der Waals surface area (Å²) in [6.07, 6.45) is -4.40. The van der Waals surface area contributed by atoms with Crippen molar-refractivity contribution in [1.29, 1.82) is 0 Å². The molecule has 0 saturated carbocycles. The number of hydrogen-bond acceptors (Lipinski definition) is 2. The zero-order valence-corrected chi connectivity index (χ0v) is 18.2. The summed E-state index contributed by atoms with van der Waals surface area (Å²) < 4.78 is 43.4. The van der Waals surface area contributed by atoms with Crippen LogP contribution in [-0.4, -0.2) is 11.1 Å². The van der Waals surface area contributed by atoms with E-state index in [9.17, 15) is 18.0 Å². The van der Waals surface area contributed by atoms with Crippen LogP contribution in [0, 0.1) is 0 Å². The lowest BCUT2D eigenvalue weighted by molar-refractivity contribution is -0.137. The van der Waals surface area contributed by atoms with Crippen molar-refractivity contribution in [3.63, 3.8) is 0 Å². The molecule has 164 valence electrons. The van der Waals surface area contributed by atoms with Crippen LogP contribution in [0.4, 0.5) is 13.2 Å². The van der Waals surface area contributed by atoms with E-state index in [-0.39, 0.29) is 11.3 Å². The van der Waals surface area contributed by atoms with Crippen LogP contribution >= 0.6 is 0 Å². The number of fused-ring (bicyclic) bond motifs is 1. The van der Waals surface area contributed by atoms with Gasteiger partial charge in [-0.2, -0.15) is 13.2 Å². The molecule has 0 fully saturated rings. The largest absolute Gasteiger partial charge is 0.478 e. The number of carboxylic acids is 1. The van der Waals surface area contributed by atoms with Gasteiger partial charge in [-0.1, -0.05) is 53.7 Å². The van der Waals surface area contributed by atoms with Crippen LogP contribution in [0.5, 0.6) is 11.5 Å². The van der Waals surface area contributed by atoms with E-state index < -0.39 is 17.7 Å².